The number of benzene rings is 9. The molecule has 294 valence electrons. The Hall–Kier alpha value is -7.62. The molecule has 9 aromatic carbocycles. The summed E-state index contributed by atoms with van der Waals surface area (Å²) in [6.07, 6.45) is 0. The minimum Gasteiger partial charge on any atom is -0.311 e. The highest BCUT2D eigenvalue weighted by Crippen LogP contribution is 2.52. The molecular weight excluding hydrogens is 739 g/mol. The number of para-hydroxylation sites is 4. The van der Waals surface area contributed by atoms with Crippen LogP contribution < -0.4 is 14.7 Å². The zero-order valence-corrected chi connectivity index (χ0v) is 34.8. The number of hydrogen-bond donors (Lipinski definition) is 0. The summed E-state index contributed by atoms with van der Waals surface area (Å²) in [5.41, 5.74) is 18.8. The van der Waals surface area contributed by atoms with Crippen LogP contribution in [0.5, 0.6) is 0 Å². The van der Waals surface area contributed by atoms with Gasteiger partial charge in [0.05, 0.1) is 0 Å². The summed E-state index contributed by atoms with van der Waals surface area (Å²) in [5.74, 6) is 0. The van der Waals surface area contributed by atoms with Crippen LogP contribution in [0.15, 0.2) is 231 Å². The van der Waals surface area contributed by atoms with Crippen molar-refractivity contribution in [2.24, 2.45) is 0 Å². The van der Waals surface area contributed by atoms with Gasteiger partial charge in [0.1, 0.15) is 0 Å². The van der Waals surface area contributed by atoms with E-state index in [0.717, 1.165) is 51.2 Å². The maximum atomic E-state index is 2.42. The van der Waals surface area contributed by atoms with E-state index >= 15 is 0 Å². The SMILES string of the molecule is Cc1cccc(N(c2ccc(-c3ccc(N(c4ccccc4)c4ccccc4)cc3)cc2)c2ccc3c(c2)C(C)(C)c2cc(N(c4ccccc4)c4ccccc4)ccc2-3)c1. The second-order valence-corrected chi connectivity index (χ2v) is 16.4. The first-order valence-corrected chi connectivity index (χ1v) is 21.1. The molecule has 10 rings (SSSR count). The van der Waals surface area contributed by atoms with Gasteiger partial charge in [0.15, 0.2) is 0 Å². The molecule has 0 heterocycles. The lowest BCUT2D eigenvalue weighted by molar-refractivity contribution is 0.660. The summed E-state index contributed by atoms with van der Waals surface area (Å²) in [4.78, 5) is 7.05. The third kappa shape index (κ3) is 7.15. The van der Waals surface area contributed by atoms with Gasteiger partial charge in [-0.15, -0.1) is 0 Å². The van der Waals surface area contributed by atoms with Crippen LogP contribution in [0.3, 0.4) is 0 Å². The fraction of sp³-hybridized carbons (Fsp3) is 0.0690. The first kappa shape index (κ1) is 37.6. The van der Waals surface area contributed by atoms with Crippen molar-refractivity contribution in [3.63, 3.8) is 0 Å². The highest BCUT2D eigenvalue weighted by molar-refractivity contribution is 5.89. The average Bonchev–Trinajstić information content (AvgIpc) is 3.53. The van der Waals surface area contributed by atoms with Crippen molar-refractivity contribution in [1.82, 2.24) is 0 Å². The molecule has 0 saturated heterocycles. The summed E-state index contributed by atoms with van der Waals surface area (Å²) in [6, 6.07) is 83.2. The van der Waals surface area contributed by atoms with Crippen LogP contribution in [0.2, 0.25) is 0 Å². The highest BCUT2D eigenvalue weighted by Gasteiger charge is 2.37. The van der Waals surface area contributed by atoms with Crippen LogP contribution in [0.4, 0.5) is 51.2 Å². The van der Waals surface area contributed by atoms with Crippen LogP contribution in [0.25, 0.3) is 22.3 Å². The third-order valence-corrected chi connectivity index (χ3v) is 12.1. The molecule has 0 aliphatic heterocycles. The molecule has 0 fully saturated rings. The molecule has 0 unspecified atom stereocenters. The van der Waals surface area contributed by atoms with Crippen molar-refractivity contribution in [2.75, 3.05) is 14.7 Å². The number of aryl methyl sites for hydroxylation is 1. The van der Waals surface area contributed by atoms with Gasteiger partial charge in [-0.1, -0.05) is 135 Å². The normalized spacial score (nSPS) is 12.3. The van der Waals surface area contributed by atoms with Crippen molar-refractivity contribution in [3.8, 4) is 22.3 Å². The van der Waals surface area contributed by atoms with Gasteiger partial charge in [-0.3, -0.25) is 0 Å². The summed E-state index contributed by atoms with van der Waals surface area (Å²) in [5, 5.41) is 0. The first-order valence-electron chi connectivity index (χ1n) is 21.1. The summed E-state index contributed by atoms with van der Waals surface area (Å²) >= 11 is 0. The first-order chi connectivity index (χ1) is 29.9. The third-order valence-electron chi connectivity index (χ3n) is 12.1. The monoisotopic (exact) mass is 785 g/mol. The second kappa shape index (κ2) is 15.9. The van der Waals surface area contributed by atoms with E-state index in [0.29, 0.717) is 0 Å². The molecule has 0 amide bonds. The van der Waals surface area contributed by atoms with Crippen LogP contribution in [-0.4, -0.2) is 0 Å². The zero-order valence-electron chi connectivity index (χ0n) is 34.8. The smallest absolute Gasteiger partial charge is 0.0465 e. The van der Waals surface area contributed by atoms with Gasteiger partial charge in [-0.25, -0.2) is 0 Å². The Morgan fingerprint density at radius 1 is 0.279 bits per heavy atom. The van der Waals surface area contributed by atoms with Gasteiger partial charge in [0.25, 0.3) is 0 Å². The molecule has 0 bridgehead atoms. The van der Waals surface area contributed by atoms with Crippen LogP contribution in [0.1, 0.15) is 30.5 Å². The van der Waals surface area contributed by atoms with Gasteiger partial charge >= 0.3 is 0 Å². The highest BCUT2D eigenvalue weighted by atomic mass is 15.2. The topological polar surface area (TPSA) is 9.72 Å². The van der Waals surface area contributed by atoms with Crippen LogP contribution in [0, 0.1) is 6.92 Å². The molecule has 1 aliphatic rings. The van der Waals surface area contributed by atoms with E-state index in [2.05, 4.69) is 266 Å². The zero-order chi connectivity index (χ0) is 41.3. The van der Waals surface area contributed by atoms with E-state index in [1.54, 1.807) is 0 Å². The van der Waals surface area contributed by atoms with Gasteiger partial charge in [-0.05, 0) is 155 Å². The molecule has 1 aliphatic carbocycles. The Morgan fingerprint density at radius 3 is 0.951 bits per heavy atom. The quantitative estimate of drug-likeness (QED) is 0.137. The van der Waals surface area contributed by atoms with Gasteiger partial charge in [-0.2, -0.15) is 0 Å². The van der Waals surface area contributed by atoms with Crippen LogP contribution >= 0.6 is 0 Å². The number of hydrogen-bond acceptors (Lipinski definition) is 3. The van der Waals surface area contributed by atoms with E-state index in [1.807, 2.05) is 0 Å². The maximum absolute atomic E-state index is 2.42. The standard InChI is InChI=1S/C58H47N3/c1-42-17-16-26-51(39-42)61(50-33-29-44(30-34-50)43-27-31-49(32-28-43)59(45-18-8-4-9-19-45)46-20-10-5-11-21-46)53-36-38-55-54-37-35-52(40-56(54)58(2,3)57(55)41-53)60(47-22-12-6-13-23-47)48-24-14-7-15-25-48/h4-41H,1-3H3. The van der Waals surface area contributed by atoms with Gasteiger partial charge in [0, 0.05) is 56.6 Å². The lowest BCUT2D eigenvalue weighted by Crippen LogP contribution is -2.17. The summed E-state index contributed by atoms with van der Waals surface area (Å²) in [6.45, 7) is 6.91. The number of nitrogens with zero attached hydrogens (tertiary/aromatic N) is 3. The molecule has 3 heteroatoms. The molecule has 3 nitrogen and oxygen atoms in total. The summed E-state index contributed by atoms with van der Waals surface area (Å²) < 4.78 is 0. The summed E-state index contributed by atoms with van der Waals surface area (Å²) in [7, 11) is 0. The molecular formula is C58H47N3. The fourth-order valence-electron chi connectivity index (χ4n) is 9.01. The van der Waals surface area contributed by atoms with E-state index in [-0.39, 0.29) is 5.41 Å². The Bertz CT molecular complexity index is 2850. The predicted molar refractivity (Wildman–Crippen MR) is 258 cm³/mol. The molecule has 0 N–H and O–H groups in total. The Balaban J connectivity index is 0.986. The lowest BCUT2D eigenvalue weighted by Gasteiger charge is -2.29. The molecule has 0 saturated carbocycles. The fourth-order valence-corrected chi connectivity index (χ4v) is 9.01. The van der Waals surface area contributed by atoms with E-state index in [4.69, 9.17) is 0 Å². The van der Waals surface area contributed by atoms with Gasteiger partial charge in [0.2, 0.25) is 0 Å². The molecule has 9 aromatic rings. The molecule has 0 aromatic heterocycles. The maximum Gasteiger partial charge on any atom is 0.0465 e. The molecule has 0 atom stereocenters. The second-order valence-electron chi connectivity index (χ2n) is 16.4. The Kier molecular flexibility index (Phi) is 9.78. The van der Waals surface area contributed by atoms with Crippen molar-refractivity contribution in [2.45, 2.75) is 26.2 Å². The van der Waals surface area contributed by atoms with Crippen molar-refractivity contribution < 1.29 is 0 Å². The number of fused-ring (bicyclic) bond motifs is 3. The van der Waals surface area contributed by atoms with Crippen molar-refractivity contribution in [1.29, 1.82) is 0 Å². The molecule has 61 heavy (non-hydrogen) atoms. The number of anilines is 9. The Morgan fingerprint density at radius 2 is 0.574 bits per heavy atom. The minimum absolute atomic E-state index is 0.222. The van der Waals surface area contributed by atoms with E-state index in [9.17, 15) is 0 Å². The average molecular weight is 786 g/mol. The van der Waals surface area contributed by atoms with Gasteiger partial charge < -0.3 is 14.7 Å². The lowest BCUT2D eigenvalue weighted by atomic mass is 9.82. The largest absolute Gasteiger partial charge is 0.311 e. The van der Waals surface area contributed by atoms with Crippen LogP contribution in [-0.2, 0) is 5.41 Å². The molecule has 0 radical (unpaired) electrons. The van der Waals surface area contributed by atoms with Crippen molar-refractivity contribution >= 4 is 51.2 Å². The predicted octanol–water partition coefficient (Wildman–Crippen LogP) is 16.4. The number of rotatable bonds is 10. The van der Waals surface area contributed by atoms with E-state index in [1.165, 1.54) is 38.9 Å². The van der Waals surface area contributed by atoms with E-state index < -0.39 is 0 Å². The minimum atomic E-state index is -0.222. The van der Waals surface area contributed by atoms with Crippen molar-refractivity contribution in [3.05, 3.63) is 247 Å². The molecule has 0 spiro atoms. The Labute approximate surface area is 360 Å².